The summed E-state index contributed by atoms with van der Waals surface area (Å²) >= 11 is 5.89. The monoisotopic (exact) mass is 280 g/mol. The lowest BCUT2D eigenvalue weighted by molar-refractivity contribution is -0.0388. The van der Waals surface area contributed by atoms with E-state index in [4.69, 9.17) is 22.1 Å². The molecule has 0 aromatic heterocycles. The minimum Gasteiger partial charge on any atom is -0.372 e. The van der Waals surface area contributed by atoms with Crippen molar-refractivity contribution in [2.45, 2.75) is 37.5 Å². The van der Waals surface area contributed by atoms with Gasteiger partial charge in [0.1, 0.15) is 0 Å². The fraction of sp³-hybridized carbons (Fsp3) is 0.600. The van der Waals surface area contributed by atoms with E-state index in [1.807, 2.05) is 24.3 Å². The number of rotatable bonds is 4. The molecule has 3 rings (SSSR count). The fourth-order valence-electron chi connectivity index (χ4n) is 3.08. The van der Waals surface area contributed by atoms with Crippen LogP contribution in [0.3, 0.4) is 0 Å². The zero-order valence-corrected chi connectivity index (χ0v) is 11.9. The Morgan fingerprint density at radius 1 is 1.21 bits per heavy atom. The number of halogens is 1. The van der Waals surface area contributed by atoms with Crippen molar-refractivity contribution in [3.8, 4) is 0 Å². The van der Waals surface area contributed by atoms with Crippen molar-refractivity contribution in [2.24, 2.45) is 5.73 Å². The van der Waals surface area contributed by atoms with Gasteiger partial charge >= 0.3 is 0 Å². The second-order valence-electron chi connectivity index (χ2n) is 5.66. The molecule has 0 saturated carbocycles. The number of fused-ring (bicyclic) bond motifs is 2. The normalized spacial score (nSPS) is 28.5. The SMILES string of the molecule is NC(CCN1CC2CCC(C1)O2)c1ccc(Cl)cc1. The summed E-state index contributed by atoms with van der Waals surface area (Å²) in [7, 11) is 0. The van der Waals surface area contributed by atoms with E-state index in [0.29, 0.717) is 12.2 Å². The quantitative estimate of drug-likeness (QED) is 0.921. The zero-order valence-electron chi connectivity index (χ0n) is 11.1. The Morgan fingerprint density at radius 2 is 1.84 bits per heavy atom. The number of nitrogens with two attached hydrogens (primary N) is 1. The first-order valence-electron chi connectivity index (χ1n) is 7.09. The third kappa shape index (κ3) is 3.29. The summed E-state index contributed by atoms with van der Waals surface area (Å²) in [6, 6.07) is 7.96. The highest BCUT2D eigenvalue weighted by molar-refractivity contribution is 6.30. The van der Waals surface area contributed by atoms with Gasteiger partial charge in [0.2, 0.25) is 0 Å². The Bertz CT molecular complexity index is 411. The lowest BCUT2D eigenvalue weighted by atomic mass is 10.0. The predicted molar refractivity (Wildman–Crippen MR) is 77.3 cm³/mol. The van der Waals surface area contributed by atoms with Gasteiger partial charge < -0.3 is 10.5 Å². The third-order valence-corrected chi connectivity index (χ3v) is 4.43. The zero-order chi connectivity index (χ0) is 13.2. The molecular weight excluding hydrogens is 260 g/mol. The molecule has 3 nitrogen and oxygen atoms in total. The number of hydrogen-bond acceptors (Lipinski definition) is 3. The van der Waals surface area contributed by atoms with Crippen LogP contribution < -0.4 is 5.73 Å². The molecule has 3 atom stereocenters. The summed E-state index contributed by atoms with van der Waals surface area (Å²) in [6.45, 7) is 3.20. The summed E-state index contributed by atoms with van der Waals surface area (Å²) in [6.07, 6.45) is 4.37. The van der Waals surface area contributed by atoms with Gasteiger partial charge in [-0.05, 0) is 37.0 Å². The molecule has 2 bridgehead atoms. The number of nitrogens with zero attached hydrogens (tertiary/aromatic N) is 1. The van der Waals surface area contributed by atoms with Gasteiger partial charge in [0.15, 0.2) is 0 Å². The lowest BCUT2D eigenvalue weighted by Gasteiger charge is -2.32. The molecule has 0 aliphatic carbocycles. The number of ether oxygens (including phenoxy) is 1. The predicted octanol–water partition coefficient (Wildman–Crippen LogP) is 2.59. The number of morpholine rings is 1. The highest BCUT2D eigenvalue weighted by atomic mass is 35.5. The van der Waals surface area contributed by atoms with Crippen molar-refractivity contribution < 1.29 is 4.74 Å². The van der Waals surface area contributed by atoms with Crippen molar-refractivity contribution in [1.82, 2.24) is 4.90 Å². The van der Waals surface area contributed by atoms with E-state index in [1.165, 1.54) is 18.4 Å². The van der Waals surface area contributed by atoms with Gasteiger partial charge in [-0.2, -0.15) is 0 Å². The smallest absolute Gasteiger partial charge is 0.0707 e. The molecule has 2 saturated heterocycles. The lowest BCUT2D eigenvalue weighted by Crippen LogP contribution is -2.43. The van der Waals surface area contributed by atoms with E-state index >= 15 is 0 Å². The van der Waals surface area contributed by atoms with Crippen LogP contribution in [0.5, 0.6) is 0 Å². The van der Waals surface area contributed by atoms with Crippen LogP contribution in [0.1, 0.15) is 30.9 Å². The van der Waals surface area contributed by atoms with Crippen molar-refractivity contribution >= 4 is 11.6 Å². The summed E-state index contributed by atoms with van der Waals surface area (Å²) in [5.41, 5.74) is 7.41. The van der Waals surface area contributed by atoms with Crippen LogP contribution in [0, 0.1) is 0 Å². The Hall–Kier alpha value is -0.610. The summed E-state index contributed by atoms with van der Waals surface area (Å²) < 4.78 is 5.84. The maximum atomic E-state index is 6.25. The number of benzene rings is 1. The molecule has 4 heteroatoms. The van der Waals surface area contributed by atoms with Gasteiger partial charge in [0, 0.05) is 30.7 Å². The molecule has 0 radical (unpaired) electrons. The van der Waals surface area contributed by atoms with Crippen molar-refractivity contribution in [3.05, 3.63) is 34.9 Å². The van der Waals surface area contributed by atoms with Gasteiger partial charge in [-0.1, -0.05) is 23.7 Å². The molecule has 2 fully saturated rings. The topological polar surface area (TPSA) is 38.5 Å². The average molecular weight is 281 g/mol. The van der Waals surface area contributed by atoms with E-state index in [-0.39, 0.29) is 6.04 Å². The molecule has 2 heterocycles. The molecule has 1 aromatic rings. The molecule has 104 valence electrons. The Kier molecular flexibility index (Phi) is 4.08. The second kappa shape index (κ2) is 5.80. The third-order valence-electron chi connectivity index (χ3n) is 4.17. The van der Waals surface area contributed by atoms with Gasteiger partial charge in [0.25, 0.3) is 0 Å². The average Bonchev–Trinajstić information content (AvgIpc) is 2.76. The highest BCUT2D eigenvalue weighted by Gasteiger charge is 2.33. The Morgan fingerprint density at radius 3 is 2.47 bits per heavy atom. The largest absolute Gasteiger partial charge is 0.372 e. The van der Waals surface area contributed by atoms with Gasteiger partial charge in [-0.3, -0.25) is 4.90 Å². The second-order valence-corrected chi connectivity index (χ2v) is 6.10. The minimum atomic E-state index is 0.0952. The maximum absolute atomic E-state index is 6.25. The molecule has 2 aliphatic rings. The first kappa shape index (κ1) is 13.4. The van der Waals surface area contributed by atoms with Crippen LogP contribution >= 0.6 is 11.6 Å². The first-order valence-corrected chi connectivity index (χ1v) is 7.47. The van der Waals surface area contributed by atoms with Gasteiger partial charge in [0.05, 0.1) is 12.2 Å². The summed E-state index contributed by atoms with van der Waals surface area (Å²) in [5, 5.41) is 0.765. The number of likely N-dealkylation sites (tertiary alicyclic amines) is 1. The molecule has 2 aliphatic heterocycles. The first-order chi connectivity index (χ1) is 9.20. The van der Waals surface area contributed by atoms with Crippen LogP contribution in [0.2, 0.25) is 5.02 Å². The standard InChI is InChI=1S/C15H21ClN2O/c16-12-3-1-11(2-4-12)15(17)7-8-18-9-13-5-6-14(10-18)19-13/h1-4,13-15H,5-10,17H2. The molecular formula is C15H21ClN2O. The highest BCUT2D eigenvalue weighted by Crippen LogP contribution is 2.27. The maximum Gasteiger partial charge on any atom is 0.0707 e. The summed E-state index contributed by atoms with van der Waals surface area (Å²) in [5.74, 6) is 0. The molecule has 2 N–H and O–H groups in total. The molecule has 19 heavy (non-hydrogen) atoms. The molecule has 1 aromatic carbocycles. The van der Waals surface area contributed by atoms with Crippen molar-refractivity contribution in [2.75, 3.05) is 19.6 Å². The van der Waals surface area contributed by atoms with E-state index in [1.54, 1.807) is 0 Å². The van der Waals surface area contributed by atoms with E-state index in [2.05, 4.69) is 4.90 Å². The molecule has 3 unspecified atom stereocenters. The van der Waals surface area contributed by atoms with Crippen LogP contribution in [0.25, 0.3) is 0 Å². The number of hydrogen-bond donors (Lipinski definition) is 1. The van der Waals surface area contributed by atoms with Crippen LogP contribution in [-0.2, 0) is 4.74 Å². The minimum absolute atomic E-state index is 0.0952. The Labute approximate surface area is 119 Å². The van der Waals surface area contributed by atoms with Crippen LogP contribution in [0.4, 0.5) is 0 Å². The fourth-order valence-corrected chi connectivity index (χ4v) is 3.21. The molecule has 0 amide bonds. The van der Waals surface area contributed by atoms with Crippen molar-refractivity contribution in [1.29, 1.82) is 0 Å². The van der Waals surface area contributed by atoms with Crippen LogP contribution in [0.15, 0.2) is 24.3 Å². The Balaban J connectivity index is 1.50. The van der Waals surface area contributed by atoms with E-state index in [9.17, 15) is 0 Å². The van der Waals surface area contributed by atoms with E-state index in [0.717, 1.165) is 31.1 Å². The van der Waals surface area contributed by atoms with Gasteiger partial charge in [-0.15, -0.1) is 0 Å². The van der Waals surface area contributed by atoms with Crippen molar-refractivity contribution in [3.63, 3.8) is 0 Å². The van der Waals surface area contributed by atoms with Gasteiger partial charge in [-0.25, -0.2) is 0 Å². The van der Waals surface area contributed by atoms with Crippen LogP contribution in [-0.4, -0.2) is 36.7 Å². The van der Waals surface area contributed by atoms with E-state index < -0.39 is 0 Å². The molecule has 0 spiro atoms. The summed E-state index contributed by atoms with van der Waals surface area (Å²) in [4.78, 5) is 2.50.